The van der Waals surface area contributed by atoms with Gasteiger partial charge in [0.15, 0.2) is 4.90 Å². The Morgan fingerprint density at radius 3 is 2.71 bits per heavy atom. The number of hydrogen-bond acceptors (Lipinski definition) is 5. The first-order valence-corrected chi connectivity index (χ1v) is 7.25. The summed E-state index contributed by atoms with van der Waals surface area (Å²) in [5.74, 6) is 0.185. The van der Waals surface area contributed by atoms with Crippen LogP contribution in [0.4, 0.5) is 5.69 Å². The fourth-order valence-electron chi connectivity index (χ4n) is 1.70. The van der Waals surface area contributed by atoms with Crippen LogP contribution < -0.4 is 14.9 Å². The second-order valence-corrected chi connectivity index (χ2v) is 5.62. The number of nitrogens with one attached hydrogen (secondary N) is 2. The molecule has 0 saturated heterocycles. The molecule has 0 fully saturated rings. The predicted molar refractivity (Wildman–Crippen MR) is 75.6 cm³/mol. The number of rotatable bonds is 4. The normalized spacial score (nSPS) is 10.7. The van der Waals surface area contributed by atoms with E-state index in [1.807, 2.05) is 6.07 Å². The largest absolute Gasteiger partial charge is 0.495 e. The lowest BCUT2D eigenvalue weighted by atomic mass is 10.2. The zero-order chi connectivity index (χ0) is 15.5. The summed E-state index contributed by atoms with van der Waals surface area (Å²) in [5.41, 5.74) is -0.578. The van der Waals surface area contributed by atoms with Crippen molar-refractivity contribution in [2.75, 3.05) is 11.8 Å². The second kappa shape index (κ2) is 5.68. The third kappa shape index (κ3) is 2.88. The van der Waals surface area contributed by atoms with Gasteiger partial charge in [-0.15, -0.1) is 0 Å². The molecule has 0 aliphatic rings. The van der Waals surface area contributed by atoms with Crippen molar-refractivity contribution >= 4 is 15.7 Å². The first-order chi connectivity index (χ1) is 9.99. The van der Waals surface area contributed by atoms with Crippen LogP contribution in [0.15, 0.2) is 46.3 Å². The molecular weight excluding hydrogens is 294 g/mol. The number of ether oxygens (including phenoxy) is 1. The minimum atomic E-state index is -4.13. The van der Waals surface area contributed by atoms with Crippen LogP contribution in [0.3, 0.4) is 0 Å². The third-order valence-corrected chi connectivity index (χ3v) is 4.05. The average molecular weight is 305 g/mol. The topological polar surface area (TPSA) is 112 Å². The standard InChI is InChI=1S/C13H11N3O4S/c1-20-11-4-2-3-9(7-14)13(11)16-21(18,19)12-8-15-6-5-10(12)17/h2-6,8,16H,1H3,(H,15,17). The van der Waals surface area contributed by atoms with Gasteiger partial charge in [-0.2, -0.15) is 5.26 Å². The molecule has 0 amide bonds. The van der Waals surface area contributed by atoms with Crippen LogP contribution in [0.25, 0.3) is 0 Å². The van der Waals surface area contributed by atoms with Crippen molar-refractivity contribution in [3.05, 3.63) is 52.4 Å². The second-order valence-electron chi connectivity index (χ2n) is 3.97. The smallest absolute Gasteiger partial charge is 0.267 e. The maximum atomic E-state index is 12.3. The Morgan fingerprint density at radius 2 is 2.10 bits per heavy atom. The fraction of sp³-hybridized carbons (Fsp3) is 0.0769. The van der Waals surface area contributed by atoms with E-state index in [1.54, 1.807) is 6.07 Å². The molecule has 2 rings (SSSR count). The van der Waals surface area contributed by atoms with Crippen LogP contribution in [0, 0.1) is 11.3 Å². The van der Waals surface area contributed by atoms with E-state index in [1.165, 1.54) is 25.4 Å². The van der Waals surface area contributed by atoms with Crippen molar-refractivity contribution in [3.63, 3.8) is 0 Å². The van der Waals surface area contributed by atoms with E-state index in [9.17, 15) is 13.2 Å². The predicted octanol–water partition coefficient (Wildman–Crippen LogP) is 1.06. The van der Waals surface area contributed by atoms with Gasteiger partial charge in [0.05, 0.1) is 12.7 Å². The Labute approximate surface area is 120 Å². The van der Waals surface area contributed by atoms with E-state index in [2.05, 4.69) is 9.71 Å². The highest BCUT2D eigenvalue weighted by atomic mass is 32.2. The van der Waals surface area contributed by atoms with E-state index in [0.717, 1.165) is 12.3 Å². The molecule has 0 aliphatic carbocycles. The fourth-order valence-corrected chi connectivity index (χ4v) is 2.85. The zero-order valence-electron chi connectivity index (χ0n) is 11.0. The van der Waals surface area contributed by atoms with Gasteiger partial charge in [-0.05, 0) is 12.1 Å². The summed E-state index contributed by atoms with van der Waals surface area (Å²) in [4.78, 5) is 13.7. The molecular formula is C13H11N3O4S. The quantitative estimate of drug-likeness (QED) is 0.877. The van der Waals surface area contributed by atoms with E-state index >= 15 is 0 Å². The maximum absolute atomic E-state index is 12.3. The molecule has 21 heavy (non-hydrogen) atoms. The molecule has 1 aromatic heterocycles. The number of sulfonamides is 1. The first kappa shape index (κ1) is 14.6. The molecule has 2 N–H and O–H groups in total. The van der Waals surface area contributed by atoms with Gasteiger partial charge in [0, 0.05) is 18.5 Å². The molecule has 1 aromatic carbocycles. The number of benzene rings is 1. The van der Waals surface area contributed by atoms with Crippen molar-refractivity contribution in [2.24, 2.45) is 0 Å². The van der Waals surface area contributed by atoms with Crippen LogP contribution in [0.5, 0.6) is 5.75 Å². The molecule has 0 unspecified atom stereocenters. The van der Waals surface area contributed by atoms with Crippen molar-refractivity contribution in [1.82, 2.24) is 4.98 Å². The zero-order valence-corrected chi connectivity index (χ0v) is 11.8. The Hall–Kier alpha value is -2.79. The van der Waals surface area contributed by atoms with E-state index in [-0.39, 0.29) is 17.0 Å². The number of nitrogens with zero attached hydrogens (tertiary/aromatic N) is 1. The number of para-hydroxylation sites is 1. The minimum absolute atomic E-state index is 0.00856. The first-order valence-electron chi connectivity index (χ1n) is 5.76. The summed E-state index contributed by atoms with van der Waals surface area (Å²) in [7, 11) is -2.78. The number of methoxy groups -OCH3 is 1. The van der Waals surface area contributed by atoms with Crippen molar-refractivity contribution in [3.8, 4) is 11.8 Å². The lowest BCUT2D eigenvalue weighted by molar-refractivity contribution is 0.416. The number of aromatic nitrogens is 1. The molecule has 8 heteroatoms. The number of nitriles is 1. The van der Waals surface area contributed by atoms with Gasteiger partial charge in [-0.25, -0.2) is 8.42 Å². The van der Waals surface area contributed by atoms with E-state index in [4.69, 9.17) is 10.00 Å². The number of anilines is 1. The molecule has 0 atom stereocenters. The summed E-state index contributed by atoms with van der Waals surface area (Å²) in [6.07, 6.45) is 2.40. The van der Waals surface area contributed by atoms with Crippen LogP contribution in [0.2, 0.25) is 0 Å². The monoisotopic (exact) mass is 305 g/mol. The van der Waals surface area contributed by atoms with E-state index in [0.29, 0.717) is 0 Å². The Kier molecular flexibility index (Phi) is 3.95. The number of hydrogen-bond donors (Lipinski definition) is 2. The molecule has 0 saturated carbocycles. The molecule has 2 aromatic rings. The van der Waals surface area contributed by atoms with Gasteiger partial charge >= 0.3 is 0 Å². The lowest BCUT2D eigenvalue weighted by Crippen LogP contribution is -2.21. The number of pyridine rings is 1. The van der Waals surface area contributed by atoms with Gasteiger partial charge in [-0.1, -0.05) is 6.07 Å². The number of H-pyrrole nitrogens is 1. The highest BCUT2D eigenvalue weighted by Gasteiger charge is 2.21. The Bertz CT molecular complexity index is 865. The summed E-state index contributed by atoms with van der Waals surface area (Å²) >= 11 is 0. The highest BCUT2D eigenvalue weighted by molar-refractivity contribution is 7.92. The molecule has 108 valence electrons. The summed E-state index contributed by atoms with van der Waals surface area (Å²) in [5, 5.41) is 9.05. The molecule has 0 radical (unpaired) electrons. The van der Waals surface area contributed by atoms with Crippen molar-refractivity contribution < 1.29 is 13.2 Å². The van der Waals surface area contributed by atoms with Gasteiger partial charge < -0.3 is 9.72 Å². The van der Waals surface area contributed by atoms with Crippen LogP contribution in [0.1, 0.15) is 5.56 Å². The van der Waals surface area contributed by atoms with Gasteiger partial charge in [-0.3, -0.25) is 9.52 Å². The Morgan fingerprint density at radius 1 is 1.33 bits per heavy atom. The van der Waals surface area contributed by atoms with Crippen molar-refractivity contribution in [2.45, 2.75) is 4.90 Å². The molecule has 0 aliphatic heterocycles. The molecule has 0 bridgehead atoms. The maximum Gasteiger partial charge on any atom is 0.267 e. The molecule has 1 heterocycles. The number of aromatic amines is 1. The third-order valence-electron chi connectivity index (χ3n) is 2.68. The SMILES string of the molecule is COc1cccc(C#N)c1NS(=O)(=O)c1c[nH]ccc1=O. The summed E-state index contributed by atoms with van der Waals surface area (Å²) < 4.78 is 31.8. The summed E-state index contributed by atoms with van der Waals surface area (Å²) in [6.45, 7) is 0. The average Bonchev–Trinajstić information content (AvgIpc) is 2.47. The van der Waals surface area contributed by atoms with E-state index < -0.39 is 20.3 Å². The lowest BCUT2D eigenvalue weighted by Gasteiger charge is -2.12. The minimum Gasteiger partial charge on any atom is -0.495 e. The van der Waals surface area contributed by atoms with Gasteiger partial charge in [0.25, 0.3) is 10.0 Å². The van der Waals surface area contributed by atoms with Crippen LogP contribution in [-0.4, -0.2) is 20.5 Å². The van der Waals surface area contributed by atoms with Crippen LogP contribution >= 0.6 is 0 Å². The van der Waals surface area contributed by atoms with Gasteiger partial charge in [0.1, 0.15) is 17.5 Å². The highest BCUT2D eigenvalue weighted by Crippen LogP contribution is 2.29. The van der Waals surface area contributed by atoms with Crippen LogP contribution in [-0.2, 0) is 10.0 Å². The molecule has 7 nitrogen and oxygen atoms in total. The van der Waals surface area contributed by atoms with Crippen molar-refractivity contribution in [1.29, 1.82) is 5.26 Å². The summed E-state index contributed by atoms with van der Waals surface area (Å²) in [6, 6.07) is 7.47. The Balaban J connectivity index is 2.55. The molecule has 0 spiro atoms. The van der Waals surface area contributed by atoms with Gasteiger partial charge in [0.2, 0.25) is 5.43 Å².